The second-order valence-electron chi connectivity index (χ2n) is 5.39. The predicted octanol–water partition coefficient (Wildman–Crippen LogP) is 3.04. The zero-order valence-corrected chi connectivity index (χ0v) is 14.6. The summed E-state index contributed by atoms with van der Waals surface area (Å²) < 4.78 is 19.0. The van der Waals surface area contributed by atoms with Crippen LogP contribution in [0.3, 0.4) is 0 Å². The van der Waals surface area contributed by atoms with Gasteiger partial charge in [-0.3, -0.25) is 4.79 Å². The molecule has 1 aromatic carbocycles. The average Bonchev–Trinajstić information content (AvgIpc) is 3.14. The summed E-state index contributed by atoms with van der Waals surface area (Å²) in [7, 11) is 0. The highest BCUT2D eigenvalue weighted by atomic mass is 32.1. The summed E-state index contributed by atoms with van der Waals surface area (Å²) in [5, 5.41) is 18.2. The SMILES string of the molecule is CCOC(=O)c1c(O)c(-c2ccsc2)nn(Cc2ccc(F)cc2)c1=O. The smallest absolute Gasteiger partial charge is 0.347 e. The number of nitrogens with zero attached hydrogens (tertiary/aromatic N) is 2. The number of ether oxygens (including phenoxy) is 1. The highest BCUT2D eigenvalue weighted by Gasteiger charge is 2.25. The van der Waals surface area contributed by atoms with Crippen molar-refractivity contribution >= 4 is 17.3 Å². The predicted molar refractivity (Wildman–Crippen MR) is 94.9 cm³/mol. The number of aromatic nitrogens is 2. The van der Waals surface area contributed by atoms with E-state index in [4.69, 9.17) is 4.74 Å². The molecule has 0 saturated heterocycles. The number of rotatable bonds is 5. The van der Waals surface area contributed by atoms with Gasteiger partial charge in [0.25, 0.3) is 5.56 Å². The number of benzene rings is 1. The Hall–Kier alpha value is -3.00. The molecular formula is C18H15FN2O4S. The Morgan fingerprint density at radius 2 is 2.04 bits per heavy atom. The molecule has 26 heavy (non-hydrogen) atoms. The van der Waals surface area contributed by atoms with E-state index in [0.717, 1.165) is 4.68 Å². The largest absolute Gasteiger partial charge is 0.505 e. The Morgan fingerprint density at radius 1 is 1.31 bits per heavy atom. The summed E-state index contributed by atoms with van der Waals surface area (Å²) in [4.78, 5) is 24.9. The Kier molecular flexibility index (Phi) is 5.13. The van der Waals surface area contributed by atoms with E-state index in [1.807, 2.05) is 0 Å². The van der Waals surface area contributed by atoms with Gasteiger partial charge in [-0.25, -0.2) is 13.9 Å². The van der Waals surface area contributed by atoms with Crippen LogP contribution in [0, 0.1) is 5.82 Å². The fourth-order valence-corrected chi connectivity index (χ4v) is 3.05. The molecule has 0 aliphatic rings. The first kappa shape index (κ1) is 17.8. The first-order chi connectivity index (χ1) is 12.5. The Bertz CT molecular complexity index is 982. The molecule has 3 rings (SSSR count). The van der Waals surface area contributed by atoms with Gasteiger partial charge in [-0.15, -0.1) is 0 Å². The van der Waals surface area contributed by atoms with Crippen LogP contribution in [0.15, 0.2) is 45.9 Å². The number of thiophene rings is 1. The topological polar surface area (TPSA) is 81.4 Å². The minimum Gasteiger partial charge on any atom is -0.505 e. The summed E-state index contributed by atoms with van der Waals surface area (Å²) >= 11 is 1.39. The molecule has 8 heteroatoms. The van der Waals surface area contributed by atoms with E-state index in [1.165, 1.54) is 35.6 Å². The van der Waals surface area contributed by atoms with Gasteiger partial charge < -0.3 is 9.84 Å². The standard InChI is InChI=1S/C18H15FN2O4S/c1-2-25-18(24)14-16(22)15(12-7-8-26-10-12)20-21(17(14)23)9-11-3-5-13(19)6-4-11/h3-8,10,22H,2,9H2,1H3. The van der Waals surface area contributed by atoms with E-state index >= 15 is 0 Å². The second-order valence-corrected chi connectivity index (χ2v) is 6.17. The molecule has 0 saturated carbocycles. The minimum absolute atomic E-state index is 0.0168. The maximum absolute atomic E-state index is 13.1. The minimum atomic E-state index is -0.915. The lowest BCUT2D eigenvalue weighted by atomic mass is 10.1. The number of carbonyl (C=O) groups is 1. The summed E-state index contributed by atoms with van der Waals surface area (Å²) in [5.41, 5.74) is 0.0640. The first-order valence-electron chi connectivity index (χ1n) is 7.79. The van der Waals surface area contributed by atoms with Crippen molar-refractivity contribution in [2.24, 2.45) is 0 Å². The van der Waals surface area contributed by atoms with Crippen LogP contribution in [0.1, 0.15) is 22.8 Å². The Morgan fingerprint density at radius 3 is 2.65 bits per heavy atom. The van der Waals surface area contributed by atoms with Gasteiger partial charge in [0.2, 0.25) is 0 Å². The van der Waals surface area contributed by atoms with Crippen molar-refractivity contribution in [3.63, 3.8) is 0 Å². The van der Waals surface area contributed by atoms with Crippen LogP contribution >= 0.6 is 11.3 Å². The normalized spacial score (nSPS) is 10.7. The lowest BCUT2D eigenvalue weighted by molar-refractivity contribution is 0.0519. The number of hydrogen-bond donors (Lipinski definition) is 1. The molecule has 0 amide bonds. The van der Waals surface area contributed by atoms with E-state index in [-0.39, 0.29) is 18.8 Å². The molecule has 0 bridgehead atoms. The lowest BCUT2D eigenvalue weighted by Crippen LogP contribution is -2.30. The fourth-order valence-electron chi connectivity index (χ4n) is 2.41. The quantitative estimate of drug-likeness (QED) is 0.694. The molecule has 0 atom stereocenters. The molecule has 0 spiro atoms. The Balaban J connectivity index is 2.15. The maximum atomic E-state index is 13.1. The molecule has 2 aromatic heterocycles. The van der Waals surface area contributed by atoms with Crippen molar-refractivity contribution < 1.29 is 19.0 Å². The average molecular weight is 374 g/mol. The summed E-state index contributed by atoms with van der Waals surface area (Å²) in [6.07, 6.45) is 0. The van der Waals surface area contributed by atoms with Crippen LogP contribution in [0.5, 0.6) is 5.75 Å². The third kappa shape index (κ3) is 3.50. The molecular weight excluding hydrogens is 359 g/mol. The zero-order chi connectivity index (χ0) is 18.7. The van der Waals surface area contributed by atoms with Gasteiger partial charge in [0.05, 0.1) is 13.2 Å². The Labute approximate surface area is 152 Å². The molecule has 2 heterocycles. The summed E-state index contributed by atoms with van der Waals surface area (Å²) in [5.74, 6) is -1.82. The third-order valence-corrected chi connectivity index (χ3v) is 4.33. The van der Waals surface area contributed by atoms with Crippen molar-refractivity contribution in [3.05, 3.63) is 68.4 Å². The van der Waals surface area contributed by atoms with Crippen LogP contribution in [0.2, 0.25) is 0 Å². The van der Waals surface area contributed by atoms with E-state index in [1.54, 1.807) is 23.8 Å². The molecule has 0 fully saturated rings. The van der Waals surface area contributed by atoms with Crippen LogP contribution in [-0.2, 0) is 11.3 Å². The molecule has 6 nitrogen and oxygen atoms in total. The summed E-state index contributed by atoms with van der Waals surface area (Å²) in [6.45, 7) is 1.68. The number of carbonyl (C=O) groups excluding carboxylic acids is 1. The highest BCUT2D eigenvalue weighted by Crippen LogP contribution is 2.30. The van der Waals surface area contributed by atoms with E-state index in [9.17, 15) is 19.1 Å². The van der Waals surface area contributed by atoms with Gasteiger partial charge in [-0.05, 0) is 36.1 Å². The molecule has 3 aromatic rings. The van der Waals surface area contributed by atoms with E-state index in [2.05, 4.69) is 5.10 Å². The number of aromatic hydroxyl groups is 1. The summed E-state index contributed by atoms with van der Waals surface area (Å²) in [6, 6.07) is 7.29. The molecule has 0 unspecified atom stereocenters. The highest BCUT2D eigenvalue weighted by molar-refractivity contribution is 7.08. The maximum Gasteiger partial charge on any atom is 0.347 e. The number of hydrogen-bond acceptors (Lipinski definition) is 6. The molecule has 134 valence electrons. The number of esters is 1. The monoisotopic (exact) mass is 374 g/mol. The van der Waals surface area contributed by atoms with Crippen molar-refractivity contribution in [2.75, 3.05) is 6.61 Å². The molecule has 0 radical (unpaired) electrons. The van der Waals surface area contributed by atoms with Crippen molar-refractivity contribution in [2.45, 2.75) is 13.5 Å². The van der Waals surface area contributed by atoms with Crippen molar-refractivity contribution in [1.82, 2.24) is 9.78 Å². The van der Waals surface area contributed by atoms with Crippen LogP contribution in [0.4, 0.5) is 4.39 Å². The van der Waals surface area contributed by atoms with Gasteiger partial charge in [0.1, 0.15) is 11.5 Å². The molecule has 0 aliphatic carbocycles. The molecule has 0 aliphatic heterocycles. The van der Waals surface area contributed by atoms with Crippen molar-refractivity contribution in [1.29, 1.82) is 0 Å². The zero-order valence-electron chi connectivity index (χ0n) is 13.8. The van der Waals surface area contributed by atoms with E-state index in [0.29, 0.717) is 11.1 Å². The second kappa shape index (κ2) is 7.49. The van der Waals surface area contributed by atoms with Gasteiger partial charge in [-0.1, -0.05) is 12.1 Å². The van der Waals surface area contributed by atoms with Gasteiger partial charge in [-0.2, -0.15) is 16.4 Å². The molecule has 1 N–H and O–H groups in total. The third-order valence-electron chi connectivity index (χ3n) is 3.65. The first-order valence-corrected chi connectivity index (χ1v) is 8.73. The lowest BCUT2D eigenvalue weighted by Gasteiger charge is -2.12. The van der Waals surface area contributed by atoms with Crippen LogP contribution < -0.4 is 5.56 Å². The van der Waals surface area contributed by atoms with Gasteiger partial charge >= 0.3 is 5.97 Å². The van der Waals surface area contributed by atoms with Gasteiger partial charge in [0.15, 0.2) is 11.3 Å². The van der Waals surface area contributed by atoms with Gasteiger partial charge in [0, 0.05) is 10.9 Å². The van der Waals surface area contributed by atoms with Crippen molar-refractivity contribution in [3.8, 4) is 17.0 Å². The van der Waals surface area contributed by atoms with Crippen LogP contribution in [-0.4, -0.2) is 27.5 Å². The van der Waals surface area contributed by atoms with Crippen LogP contribution in [0.25, 0.3) is 11.3 Å². The fraction of sp³-hybridized carbons (Fsp3) is 0.167. The number of halogens is 1. The van der Waals surface area contributed by atoms with E-state index < -0.39 is 28.7 Å².